The third kappa shape index (κ3) is 2.67. The van der Waals surface area contributed by atoms with Gasteiger partial charge in [0, 0.05) is 29.6 Å². The van der Waals surface area contributed by atoms with Crippen molar-refractivity contribution in [3.05, 3.63) is 0 Å². The van der Waals surface area contributed by atoms with Crippen LogP contribution in [0.5, 0.6) is 0 Å². The van der Waals surface area contributed by atoms with Crippen LogP contribution in [0.4, 0.5) is 0 Å². The highest BCUT2D eigenvalue weighted by Crippen LogP contribution is 2.52. The van der Waals surface area contributed by atoms with Gasteiger partial charge in [-0.3, -0.25) is 9.80 Å². The topological polar surface area (TPSA) is 15.7 Å². The number of nitrogens with zero attached hydrogens (tertiary/aromatic N) is 2. The van der Waals surface area contributed by atoms with Gasteiger partial charge in [-0.2, -0.15) is 0 Å². The SMILES string of the molecule is CC(CC1CCN(C(C)C)C12CCC2)N1CCCC2(COC2)C1. The molecule has 3 heteroatoms. The highest BCUT2D eigenvalue weighted by atomic mass is 16.5. The molecule has 2 atom stereocenters. The van der Waals surface area contributed by atoms with Gasteiger partial charge in [0.1, 0.15) is 0 Å². The van der Waals surface area contributed by atoms with Gasteiger partial charge in [0.25, 0.3) is 0 Å². The van der Waals surface area contributed by atoms with Crippen LogP contribution in [0.15, 0.2) is 0 Å². The molecule has 132 valence electrons. The summed E-state index contributed by atoms with van der Waals surface area (Å²) >= 11 is 0. The van der Waals surface area contributed by atoms with Crippen LogP contribution in [0.3, 0.4) is 0 Å². The van der Waals surface area contributed by atoms with Crippen LogP contribution in [0, 0.1) is 11.3 Å². The van der Waals surface area contributed by atoms with Gasteiger partial charge >= 0.3 is 0 Å². The Morgan fingerprint density at radius 2 is 1.83 bits per heavy atom. The first-order chi connectivity index (χ1) is 11.0. The summed E-state index contributed by atoms with van der Waals surface area (Å²) in [5.74, 6) is 0.934. The zero-order valence-corrected chi connectivity index (χ0v) is 15.5. The molecule has 0 radical (unpaired) electrons. The molecule has 0 N–H and O–H groups in total. The van der Waals surface area contributed by atoms with Crippen LogP contribution in [0.2, 0.25) is 0 Å². The minimum Gasteiger partial charge on any atom is -0.380 e. The summed E-state index contributed by atoms with van der Waals surface area (Å²) in [6.07, 6.45) is 10.00. The van der Waals surface area contributed by atoms with Gasteiger partial charge in [-0.25, -0.2) is 0 Å². The van der Waals surface area contributed by atoms with Gasteiger partial charge in [0.15, 0.2) is 0 Å². The molecule has 2 spiro atoms. The number of likely N-dealkylation sites (tertiary alicyclic amines) is 2. The predicted octanol–water partition coefficient (Wildman–Crippen LogP) is 3.53. The lowest BCUT2D eigenvalue weighted by Gasteiger charge is -2.53. The Hall–Kier alpha value is -0.120. The average Bonchev–Trinajstić information content (AvgIpc) is 2.85. The van der Waals surface area contributed by atoms with Gasteiger partial charge in [-0.1, -0.05) is 0 Å². The molecule has 1 saturated carbocycles. The second-order valence-corrected chi connectivity index (χ2v) is 9.38. The van der Waals surface area contributed by atoms with Gasteiger partial charge < -0.3 is 4.74 Å². The van der Waals surface area contributed by atoms with Crippen LogP contribution in [0.1, 0.15) is 65.7 Å². The minimum atomic E-state index is 0.528. The van der Waals surface area contributed by atoms with Crippen molar-refractivity contribution in [3.63, 3.8) is 0 Å². The zero-order chi connectivity index (χ0) is 16.1. The van der Waals surface area contributed by atoms with E-state index in [1.807, 2.05) is 0 Å². The number of ether oxygens (including phenoxy) is 1. The van der Waals surface area contributed by atoms with E-state index in [0.717, 1.165) is 31.2 Å². The lowest BCUT2D eigenvalue weighted by molar-refractivity contribution is -0.149. The molecule has 2 unspecified atom stereocenters. The summed E-state index contributed by atoms with van der Waals surface area (Å²) in [7, 11) is 0. The fourth-order valence-electron chi connectivity index (χ4n) is 6.17. The molecule has 1 aliphatic carbocycles. The number of rotatable bonds is 4. The molecule has 0 aromatic heterocycles. The maximum atomic E-state index is 5.54. The fraction of sp³-hybridized carbons (Fsp3) is 1.00. The molecule has 0 aromatic carbocycles. The lowest BCUT2D eigenvalue weighted by atomic mass is 9.66. The molecule has 0 amide bonds. The van der Waals surface area contributed by atoms with E-state index in [-0.39, 0.29) is 0 Å². The largest absolute Gasteiger partial charge is 0.380 e. The Morgan fingerprint density at radius 1 is 1.04 bits per heavy atom. The van der Waals surface area contributed by atoms with Crippen molar-refractivity contribution in [3.8, 4) is 0 Å². The molecule has 3 saturated heterocycles. The third-order valence-electron chi connectivity index (χ3n) is 7.65. The average molecular weight is 321 g/mol. The Labute approximate surface area is 142 Å². The summed E-state index contributed by atoms with van der Waals surface area (Å²) in [5, 5.41) is 0. The van der Waals surface area contributed by atoms with Crippen molar-refractivity contribution in [2.45, 2.75) is 83.3 Å². The Bertz CT molecular complexity index is 427. The second kappa shape index (κ2) is 6.00. The van der Waals surface area contributed by atoms with Gasteiger partial charge in [-0.05, 0) is 84.7 Å². The second-order valence-electron chi connectivity index (χ2n) is 9.38. The summed E-state index contributed by atoms with van der Waals surface area (Å²) in [6, 6.07) is 1.48. The van der Waals surface area contributed by atoms with Gasteiger partial charge in [-0.15, -0.1) is 0 Å². The van der Waals surface area contributed by atoms with Crippen LogP contribution >= 0.6 is 0 Å². The fourth-order valence-corrected chi connectivity index (χ4v) is 6.17. The van der Waals surface area contributed by atoms with E-state index in [1.165, 1.54) is 64.6 Å². The molecule has 3 heterocycles. The van der Waals surface area contributed by atoms with Crippen molar-refractivity contribution in [1.29, 1.82) is 0 Å². The Kier molecular flexibility index (Phi) is 4.26. The minimum absolute atomic E-state index is 0.528. The first kappa shape index (κ1) is 16.4. The van der Waals surface area contributed by atoms with E-state index in [1.54, 1.807) is 0 Å². The predicted molar refractivity (Wildman–Crippen MR) is 94.7 cm³/mol. The lowest BCUT2D eigenvalue weighted by Crippen LogP contribution is -2.58. The van der Waals surface area contributed by atoms with Crippen molar-refractivity contribution < 1.29 is 4.74 Å². The molecule has 4 aliphatic rings. The van der Waals surface area contributed by atoms with Crippen molar-refractivity contribution in [1.82, 2.24) is 9.80 Å². The standard InChI is InChI=1S/C20H36N2O/c1-16(2)22-11-6-18(20(22)8-4-9-20)12-17(3)21-10-5-7-19(13-21)14-23-15-19/h16-18H,4-15H2,1-3H3. The number of hydrogen-bond acceptors (Lipinski definition) is 3. The Morgan fingerprint density at radius 3 is 2.39 bits per heavy atom. The van der Waals surface area contributed by atoms with Crippen LogP contribution in [0.25, 0.3) is 0 Å². The van der Waals surface area contributed by atoms with Crippen molar-refractivity contribution in [2.75, 3.05) is 32.8 Å². The van der Waals surface area contributed by atoms with Crippen molar-refractivity contribution >= 4 is 0 Å². The first-order valence-electron chi connectivity index (χ1n) is 10.1. The van der Waals surface area contributed by atoms with Gasteiger partial charge in [0.05, 0.1) is 13.2 Å². The van der Waals surface area contributed by atoms with E-state index >= 15 is 0 Å². The smallest absolute Gasteiger partial charge is 0.0557 e. The van der Waals surface area contributed by atoms with E-state index < -0.39 is 0 Å². The van der Waals surface area contributed by atoms with Crippen LogP contribution in [-0.2, 0) is 4.74 Å². The van der Waals surface area contributed by atoms with Crippen molar-refractivity contribution in [2.24, 2.45) is 11.3 Å². The number of piperidine rings is 1. The molecular weight excluding hydrogens is 284 g/mol. The molecule has 0 bridgehead atoms. The maximum Gasteiger partial charge on any atom is 0.0557 e. The molecular formula is C20H36N2O. The normalized spacial score (nSPS) is 34.7. The Balaban J connectivity index is 1.39. The van der Waals surface area contributed by atoms with E-state index in [2.05, 4.69) is 30.6 Å². The highest BCUT2D eigenvalue weighted by molar-refractivity contribution is 5.08. The van der Waals surface area contributed by atoms with E-state index in [0.29, 0.717) is 11.0 Å². The van der Waals surface area contributed by atoms with Crippen LogP contribution in [-0.4, -0.2) is 60.3 Å². The number of hydrogen-bond donors (Lipinski definition) is 0. The van der Waals surface area contributed by atoms with Gasteiger partial charge in [0.2, 0.25) is 0 Å². The molecule has 23 heavy (non-hydrogen) atoms. The summed E-state index contributed by atoms with van der Waals surface area (Å²) in [6.45, 7) is 13.3. The van der Waals surface area contributed by atoms with E-state index in [4.69, 9.17) is 4.74 Å². The first-order valence-corrected chi connectivity index (χ1v) is 10.1. The molecule has 4 rings (SSSR count). The van der Waals surface area contributed by atoms with E-state index in [9.17, 15) is 0 Å². The summed E-state index contributed by atoms with van der Waals surface area (Å²) in [5.41, 5.74) is 1.11. The molecule has 0 aromatic rings. The molecule has 3 nitrogen and oxygen atoms in total. The highest BCUT2D eigenvalue weighted by Gasteiger charge is 2.53. The molecule has 3 aliphatic heterocycles. The van der Waals surface area contributed by atoms with Crippen LogP contribution < -0.4 is 0 Å². The molecule has 4 fully saturated rings. The third-order valence-corrected chi connectivity index (χ3v) is 7.65. The quantitative estimate of drug-likeness (QED) is 0.788. The summed E-state index contributed by atoms with van der Waals surface area (Å²) in [4.78, 5) is 5.65. The zero-order valence-electron chi connectivity index (χ0n) is 15.5. The summed E-state index contributed by atoms with van der Waals surface area (Å²) < 4.78 is 5.54. The monoisotopic (exact) mass is 320 g/mol. The maximum absolute atomic E-state index is 5.54.